The zero-order valence-corrected chi connectivity index (χ0v) is 12.3. The average Bonchev–Trinajstić information content (AvgIpc) is 3.01. The zero-order chi connectivity index (χ0) is 16.4. The summed E-state index contributed by atoms with van der Waals surface area (Å²) in [4.78, 5) is 0. The van der Waals surface area contributed by atoms with Crippen molar-refractivity contribution in [1.82, 2.24) is 15.5 Å². The van der Waals surface area contributed by atoms with Crippen LogP contribution in [0.1, 0.15) is 11.1 Å². The van der Waals surface area contributed by atoms with Crippen molar-refractivity contribution in [3.8, 4) is 11.4 Å². The molecule has 3 rings (SSSR count). The molecule has 7 heteroatoms. The fraction of sp³-hybridized carbons (Fsp3) is 0.0625. The molecule has 0 fully saturated rings. The van der Waals surface area contributed by atoms with Crippen LogP contribution in [-0.4, -0.2) is 15.5 Å². The second-order valence-corrected chi connectivity index (χ2v) is 5.06. The molecule has 3 N–H and O–H groups in total. The van der Waals surface area contributed by atoms with E-state index in [1.54, 1.807) is 0 Å². The second-order valence-electron chi connectivity index (χ2n) is 5.06. The third-order valence-corrected chi connectivity index (χ3v) is 3.35. The van der Waals surface area contributed by atoms with Crippen molar-refractivity contribution in [2.45, 2.75) is 6.92 Å². The van der Waals surface area contributed by atoms with Gasteiger partial charge < -0.3 is 5.32 Å². The van der Waals surface area contributed by atoms with Gasteiger partial charge in [-0.15, -0.1) is 0 Å². The Kier molecular flexibility index (Phi) is 3.84. The van der Waals surface area contributed by atoms with E-state index in [4.69, 9.17) is 0 Å². The number of halogens is 2. The molecule has 2 aromatic carbocycles. The number of H-pyrrole nitrogens is 2. The first-order valence-electron chi connectivity index (χ1n) is 6.85. The summed E-state index contributed by atoms with van der Waals surface area (Å²) in [6.07, 6.45) is 0. The van der Waals surface area contributed by atoms with Crippen LogP contribution in [-0.2, 0) is 0 Å². The number of tetrazole rings is 1. The van der Waals surface area contributed by atoms with Gasteiger partial charge in [0, 0.05) is 17.3 Å². The summed E-state index contributed by atoms with van der Waals surface area (Å²) in [6.45, 7) is 5.77. The van der Waals surface area contributed by atoms with Gasteiger partial charge >= 0.3 is 5.82 Å². The van der Waals surface area contributed by atoms with Gasteiger partial charge in [-0.05, 0) is 36.8 Å². The predicted molar refractivity (Wildman–Crippen MR) is 82.1 cm³/mol. The number of aromatic nitrogens is 4. The van der Waals surface area contributed by atoms with Gasteiger partial charge in [-0.1, -0.05) is 17.9 Å². The number of hydrogen-bond donors (Lipinski definition) is 2. The summed E-state index contributed by atoms with van der Waals surface area (Å²) in [5.74, 6) is -0.780. The molecule has 5 nitrogen and oxygen atoms in total. The first-order valence-corrected chi connectivity index (χ1v) is 6.85. The van der Waals surface area contributed by atoms with Crippen LogP contribution in [0.3, 0.4) is 0 Å². The maximum Gasteiger partial charge on any atom is 0.331 e. The van der Waals surface area contributed by atoms with E-state index >= 15 is 0 Å². The van der Waals surface area contributed by atoms with E-state index in [0.717, 1.165) is 17.2 Å². The Hall–Kier alpha value is -3.09. The van der Waals surface area contributed by atoms with Crippen molar-refractivity contribution in [3.05, 3.63) is 65.7 Å². The largest absolute Gasteiger partial charge is 0.355 e. The van der Waals surface area contributed by atoms with E-state index in [2.05, 4.69) is 32.5 Å². The highest BCUT2D eigenvalue weighted by molar-refractivity contribution is 5.83. The normalized spacial score (nSPS) is 10.6. The molecular formula is C16H14F2N5+. The lowest BCUT2D eigenvalue weighted by molar-refractivity contribution is -0.444. The van der Waals surface area contributed by atoms with Crippen LogP contribution < -0.4 is 10.4 Å². The number of aromatic amines is 2. The van der Waals surface area contributed by atoms with Gasteiger partial charge in [-0.2, -0.15) is 5.10 Å². The highest BCUT2D eigenvalue weighted by Gasteiger charge is 2.16. The quantitative estimate of drug-likeness (QED) is 0.778. The zero-order valence-electron chi connectivity index (χ0n) is 12.3. The van der Waals surface area contributed by atoms with Crippen LogP contribution in [0.5, 0.6) is 0 Å². The molecule has 0 aliphatic carbocycles. The summed E-state index contributed by atoms with van der Waals surface area (Å²) in [6, 6.07) is 9.02. The Balaban J connectivity index is 1.96. The fourth-order valence-electron chi connectivity index (χ4n) is 2.23. The lowest BCUT2D eigenvalue weighted by atomic mass is 10.1. The first-order chi connectivity index (χ1) is 11.0. The van der Waals surface area contributed by atoms with E-state index in [1.807, 2.05) is 25.1 Å². The monoisotopic (exact) mass is 314 g/mol. The highest BCUT2D eigenvalue weighted by Crippen LogP contribution is 2.28. The number of nitrogens with zero attached hydrogens (tertiary/aromatic N) is 2. The van der Waals surface area contributed by atoms with Crippen LogP contribution >= 0.6 is 0 Å². The van der Waals surface area contributed by atoms with Gasteiger partial charge in [0.1, 0.15) is 16.7 Å². The lowest BCUT2D eigenvalue weighted by Gasteiger charge is -2.13. The molecule has 1 aromatic heterocycles. The van der Waals surface area contributed by atoms with Crippen LogP contribution in [0.15, 0.2) is 43.0 Å². The second kappa shape index (κ2) is 5.96. The first kappa shape index (κ1) is 14.8. The molecule has 0 saturated heterocycles. The maximum atomic E-state index is 13.9. The molecule has 0 radical (unpaired) electrons. The van der Waals surface area contributed by atoms with E-state index in [9.17, 15) is 8.78 Å². The third kappa shape index (κ3) is 3.08. The molecule has 3 aromatic rings. The van der Waals surface area contributed by atoms with Crippen molar-refractivity contribution in [2.24, 2.45) is 0 Å². The van der Waals surface area contributed by atoms with Gasteiger partial charge in [-0.25, -0.2) is 8.78 Å². The molecule has 0 bridgehead atoms. The number of aryl methyl sites for hydroxylation is 1. The smallest absolute Gasteiger partial charge is 0.331 e. The van der Waals surface area contributed by atoms with Gasteiger partial charge in [0.05, 0.1) is 11.3 Å². The molecule has 0 aliphatic heterocycles. The van der Waals surface area contributed by atoms with E-state index < -0.39 is 11.6 Å². The minimum absolute atomic E-state index is 0.197. The van der Waals surface area contributed by atoms with Gasteiger partial charge in [0.2, 0.25) is 0 Å². The average molecular weight is 314 g/mol. The number of rotatable bonds is 4. The summed E-state index contributed by atoms with van der Waals surface area (Å²) in [7, 11) is 0. The van der Waals surface area contributed by atoms with Gasteiger partial charge in [0.15, 0.2) is 5.21 Å². The molecule has 0 saturated carbocycles. The minimum atomic E-state index is -0.676. The standard InChI is InChI=1S/C16H13F2N5/c1-9-3-5-13(16-20-22-23-21-16)15(7-9)19-10(2)12-6-4-11(17)8-14(12)18/h3-8,19H,2H2,1H3,(H,20,21,22,23)/p+1. The third-order valence-electron chi connectivity index (χ3n) is 3.35. The molecule has 1 heterocycles. The van der Waals surface area contributed by atoms with Crippen LogP contribution in [0, 0.1) is 18.6 Å². The molecule has 23 heavy (non-hydrogen) atoms. The Bertz CT molecular complexity index is 859. The molecule has 0 unspecified atom stereocenters. The minimum Gasteiger partial charge on any atom is -0.355 e. The molecular weight excluding hydrogens is 300 g/mol. The number of benzene rings is 2. The summed E-state index contributed by atoms with van der Waals surface area (Å²) in [5.41, 5.74) is 2.95. The Labute approximate surface area is 131 Å². The van der Waals surface area contributed by atoms with Crippen LogP contribution in [0.4, 0.5) is 14.5 Å². The van der Waals surface area contributed by atoms with Crippen molar-refractivity contribution in [2.75, 3.05) is 5.32 Å². The van der Waals surface area contributed by atoms with E-state index in [-0.39, 0.29) is 5.56 Å². The molecule has 116 valence electrons. The summed E-state index contributed by atoms with van der Waals surface area (Å²) in [5, 5.41) is 16.0. The Morgan fingerprint density at radius 2 is 2.04 bits per heavy atom. The van der Waals surface area contributed by atoms with Crippen molar-refractivity contribution in [1.29, 1.82) is 0 Å². The molecule has 0 aliphatic rings. The van der Waals surface area contributed by atoms with Crippen molar-refractivity contribution in [3.63, 3.8) is 0 Å². The van der Waals surface area contributed by atoms with Crippen molar-refractivity contribution >= 4 is 11.4 Å². The highest BCUT2D eigenvalue weighted by atomic mass is 19.1. The molecule has 0 spiro atoms. The number of anilines is 1. The SMILES string of the molecule is C=C(Nc1cc(C)ccc1-c1nn[nH][nH+]1)c1ccc(F)cc1F. The molecule has 0 amide bonds. The molecule has 0 atom stereocenters. The topological polar surface area (TPSA) is 67.7 Å². The van der Waals surface area contributed by atoms with Crippen LogP contribution in [0.25, 0.3) is 17.1 Å². The summed E-state index contributed by atoms with van der Waals surface area (Å²) >= 11 is 0. The number of hydrogen-bond acceptors (Lipinski definition) is 3. The van der Waals surface area contributed by atoms with Crippen LogP contribution in [0.2, 0.25) is 0 Å². The van der Waals surface area contributed by atoms with Crippen molar-refractivity contribution < 1.29 is 13.9 Å². The maximum absolute atomic E-state index is 13.9. The van der Waals surface area contributed by atoms with Gasteiger partial charge in [-0.3, -0.25) is 0 Å². The predicted octanol–water partition coefficient (Wildman–Crippen LogP) is 2.96. The fourth-order valence-corrected chi connectivity index (χ4v) is 2.23. The van der Waals surface area contributed by atoms with E-state index in [1.165, 1.54) is 12.1 Å². The van der Waals surface area contributed by atoms with Gasteiger partial charge in [0.25, 0.3) is 0 Å². The number of nitrogens with one attached hydrogen (secondary N) is 3. The van der Waals surface area contributed by atoms with E-state index in [0.29, 0.717) is 17.2 Å². The Morgan fingerprint density at radius 1 is 1.22 bits per heavy atom. The Morgan fingerprint density at radius 3 is 2.74 bits per heavy atom. The summed E-state index contributed by atoms with van der Waals surface area (Å²) < 4.78 is 26.9. The lowest BCUT2D eigenvalue weighted by Crippen LogP contribution is -2.08.